The lowest BCUT2D eigenvalue weighted by atomic mass is 10.00. The molecule has 0 saturated carbocycles. The van der Waals surface area contributed by atoms with Crippen LogP contribution in [0.4, 0.5) is 13.2 Å². The zero-order valence-electron chi connectivity index (χ0n) is 21.0. The first-order valence-electron chi connectivity index (χ1n) is 12.5. The molecule has 9 heteroatoms. The molecule has 4 aromatic rings. The number of aliphatic hydroxyl groups is 1. The third kappa shape index (κ3) is 6.59. The number of aryl methyl sites for hydroxylation is 1. The van der Waals surface area contributed by atoms with Gasteiger partial charge in [0.05, 0.1) is 17.6 Å². The molecule has 38 heavy (non-hydrogen) atoms. The average molecular weight is 526 g/mol. The monoisotopic (exact) mass is 525 g/mol. The number of benzene rings is 3. The second-order valence-corrected chi connectivity index (χ2v) is 9.44. The fourth-order valence-corrected chi connectivity index (χ4v) is 4.64. The van der Waals surface area contributed by atoms with Crippen molar-refractivity contribution in [3.63, 3.8) is 0 Å². The fourth-order valence-electron chi connectivity index (χ4n) is 4.64. The van der Waals surface area contributed by atoms with E-state index in [0.29, 0.717) is 6.04 Å². The molecule has 1 aliphatic rings. The molecule has 0 bridgehead atoms. The molecule has 200 valence electrons. The normalized spacial score (nSPS) is 16.2. The van der Waals surface area contributed by atoms with Crippen molar-refractivity contribution in [1.29, 1.82) is 0 Å². The van der Waals surface area contributed by atoms with E-state index in [1.165, 1.54) is 35.1 Å². The highest BCUT2D eigenvalue weighted by molar-refractivity contribution is 5.82. The summed E-state index contributed by atoms with van der Waals surface area (Å²) in [7, 11) is 0. The van der Waals surface area contributed by atoms with Crippen LogP contribution in [0.25, 0.3) is 33.5 Å². The van der Waals surface area contributed by atoms with Crippen LogP contribution in [-0.2, 0) is 11.3 Å². The second-order valence-electron chi connectivity index (χ2n) is 9.44. The molecule has 3 N–H and O–H groups in total. The van der Waals surface area contributed by atoms with Crippen molar-refractivity contribution in [3.8, 4) is 22.5 Å². The number of aliphatic carboxylic acids is 1. The minimum absolute atomic E-state index is 0.259. The van der Waals surface area contributed by atoms with Gasteiger partial charge < -0.3 is 15.2 Å². The number of fused-ring (bicyclic) bond motifs is 1. The van der Waals surface area contributed by atoms with E-state index in [4.69, 9.17) is 14.9 Å². The van der Waals surface area contributed by atoms with Gasteiger partial charge in [0.1, 0.15) is 5.82 Å². The van der Waals surface area contributed by atoms with Gasteiger partial charge in [0.2, 0.25) is 0 Å². The number of hydrogen-bond acceptors (Lipinski definition) is 4. The van der Waals surface area contributed by atoms with E-state index in [2.05, 4.69) is 83.5 Å². The number of aromatic nitrogens is 2. The Balaban J connectivity index is 0.000000426. The van der Waals surface area contributed by atoms with Crippen molar-refractivity contribution in [1.82, 2.24) is 14.9 Å². The molecule has 2 heterocycles. The van der Waals surface area contributed by atoms with Gasteiger partial charge in [-0.3, -0.25) is 4.90 Å². The van der Waals surface area contributed by atoms with E-state index in [1.54, 1.807) is 0 Å². The summed E-state index contributed by atoms with van der Waals surface area (Å²) in [6.45, 7) is 4.34. The number of carboxylic acid groups (broad SMARTS) is 1. The van der Waals surface area contributed by atoms with E-state index in [9.17, 15) is 18.3 Å². The Kier molecular flexibility index (Phi) is 8.48. The smallest absolute Gasteiger partial charge is 0.475 e. The second kappa shape index (κ2) is 11.8. The molecule has 1 fully saturated rings. The first-order valence-corrected chi connectivity index (χ1v) is 12.5. The van der Waals surface area contributed by atoms with Crippen molar-refractivity contribution in [3.05, 3.63) is 77.9 Å². The molecule has 5 rings (SSSR count). The van der Waals surface area contributed by atoms with Crippen molar-refractivity contribution >= 4 is 17.0 Å². The van der Waals surface area contributed by atoms with Gasteiger partial charge in [-0.1, -0.05) is 67.1 Å². The number of imidazole rings is 1. The number of H-pyrrole nitrogens is 1. The van der Waals surface area contributed by atoms with Gasteiger partial charge in [-0.2, -0.15) is 13.2 Å². The van der Waals surface area contributed by atoms with Crippen molar-refractivity contribution in [2.24, 2.45) is 0 Å². The maximum atomic E-state index is 10.6. The van der Waals surface area contributed by atoms with Crippen molar-refractivity contribution in [2.75, 3.05) is 13.2 Å². The van der Waals surface area contributed by atoms with Crippen LogP contribution in [0, 0.1) is 6.92 Å². The fraction of sp³-hybridized carbons (Fsp3) is 0.310. The largest absolute Gasteiger partial charge is 0.490 e. The van der Waals surface area contributed by atoms with Gasteiger partial charge in [-0.05, 0) is 54.6 Å². The molecule has 1 aliphatic heterocycles. The summed E-state index contributed by atoms with van der Waals surface area (Å²) in [6, 6.07) is 24.0. The number of aromatic amines is 1. The Morgan fingerprint density at radius 1 is 1.00 bits per heavy atom. The molecule has 6 nitrogen and oxygen atoms in total. The first-order chi connectivity index (χ1) is 18.2. The molecule has 0 amide bonds. The lowest BCUT2D eigenvalue weighted by Crippen LogP contribution is -2.41. The van der Waals surface area contributed by atoms with E-state index >= 15 is 0 Å². The van der Waals surface area contributed by atoms with Gasteiger partial charge in [0.25, 0.3) is 0 Å². The lowest BCUT2D eigenvalue weighted by molar-refractivity contribution is -0.192. The number of para-hydroxylation sites is 1. The van der Waals surface area contributed by atoms with E-state index in [1.807, 2.05) is 0 Å². The van der Waals surface area contributed by atoms with E-state index in [0.717, 1.165) is 41.9 Å². The van der Waals surface area contributed by atoms with Crippen LogP contribution >= 0.6 is 0 Å². The van der Waals surface area contributed by atoms with Crippen molar-refractivity contribution in [2.45, 2.75) is 44.9 Å². The summed E-state index contributed by atoms with van der Waals surface area (Å²) < 4.78 is 31.7. The standard InChI is InChI=1S/C27H29N3O.C2HF3O2/c1-19-5-4-7-25-26(19)29-27(28-25)23-14-12-22(13-15-23)21-10-8-20(9-11-21)17-30-16-3-2-6-24(30)18-31;3-2(4,5)1(6)7/h4-5,7-15,24,31H,2-3,6,16-18H2,1H3,(H,28,29);(H,6,7). The highest BCUT2D eigenvalue weighted by Gasteiger charge is 2.38. The van der Waals surface area contributed by atoms with Crippen LogP contribution in [0.15, 0.2) is 66.7 Å². The molecule has 0 spiro atoms. The maximum absolute atomic E-state index is 10.6. The Hall–Kier alpha value is -3.69. The van der Waals surface area contributed by atoms with Crippen LogP contribution in [-0.4, -0.2) is 56.4 Å². The summed E-state index contributed by atoms with van der Waals surface area (Å²) in [5.74, 6) is -1.85. The quantitative estimate of drug-likeness (QED) is 0.289. The Bertz CT molecular complexity index is 1370. The zero-order valence-corrected chi connectivity index (χ0v) is 21.0. The minimum atomic E-state index is -5.08. The third-order valence-corrected chi connectivity index (χ3v) is 6.75. The zero-order chi connectivity index (χ0) is 27.3. The first kappa shape index (κ1) is 27.3. The summed E-state index contributed by atoms with van der Waals surface area (Å²) in [6.07, 6.45) is -1.53. The average Bonchev–Trinajstić information content (AvgIpc) is 3.35. The summed E-state index contributed by atoms with van der Waals surface area (Å²) in [5, 5.41) is 16.8. The molecule has 1 atom stereocenters. The topological polar surface area (TPSA) is 89.5 Å². The molecular weight excluding hydrogens is 495 g/mol. The number of rotatable bonds is 5. The predicted octanol–water partition coefficient (Wildman–Crippen LogP) is 6.19. The number of hydrogen-bond donors (Lipinski definition) is 3. The SMILES string of the molecule is Cc1cccc2[nH]c(-c3ccc(-c4ccc(CN5CCCCC5CO)cc4)cc3)nc12.O=C(O)C(F)(F)F. The number of halogens is 3. The van der Waals surface area contributed by atoms with Crippen molar-refractivity contribution < 1.29 is 28.2 Å². The molecule has 0 radical (unpaired) electrons. The number of nitrogens with zero attached hydrogens (tertiary/aromatic N) is 2. The van der Waals surface area contributed by atoms with Gasteiger partial charge in [0.15, 0.2) is 0 Å². The number of alkyl halides is 3. The number of nitrogens with one attached hydrogen (secondary N) is 1. The molecule has 1 unspecified atom stereocenters. The highest BCUT2D eigenvalue weighted by Crippen LogP contribution is 2.27. The third-order valence-electron chi connectivity index (χ3n) is 6.75. The Morgan fingerprint density at radius 3 is 2.18 bits per heavy atom. The lowest BCUT2D eigenvalue weighted by Gasteiger charge is -2.34. The molecule has 0 aliphatic carbocycles. The number of carbonyl (C=O) groups is 1. The van der Waals surface area contributed by atoms with Crippen LogP contribution in [0.5, 0.6) is 0 Å². The molecule has 3 aromatic carbocycles. The summed E-state index contributed by atoms with van der Waals surface area (Å²) in [4.78, 5) is 19.5. The maximum Gasteiger partial charge on any atom is 0.490 e. The number of aliphatic hydroxyl groups excluding tert-OH is 1. The molecule has 1 aromatic heterocycles. The van der Waals surface area contributed by atoms with Gasteiger partial charge in [0, 0.05) is 18.2 Å². The number of likely N-dealkylation sites (tertiary alicyclic amines) is 1. The summed E-state index contributed by atoms with van der Waals surface area (Å²) >= 11 is 0. The van der Waals surface area contributed by atoms with Crippen LogP contribution < -0.4 is 0 Å². The number of piperidine rings is 1. The van der Waals surface area contributed by atoms with E-state index < -0.39 is 12.1 Å². The van der Waals surface area contributed by atoms with Crippen LogP contribution in [0.2, 0.25) is 0 Å². The Morgan fingerprint density at radius 2 is 1.61 bits per heavy atom. The Labute approximate surface area is 218 Å². The molecule has 1 saturated heterocycles. The number of carboxylic acids is 1. The summed E-state index contributed by atoms with van der Waals surface area (Å²) in [5.41, 5.74) is 8.11. The van der Waals surface area contributed by atoms with Gasteiger partial charge in [-0.25, -0.2) is 9.78 Å². The van der Waals surface area contributed by atoms with Gasteiger partial charge in [-0.15, -0.1) is 0 Å². The minimum Gasteiger partial charge on any atom is -0.475 e. The van der Waals surface area contributed by atoms with Crippen LogP contribution in [0.1, 0.15) is 30.4 Å². The predicted molar refractivity (Wildman–Crippen MR) is 141 cm³/mol. The van der Waals surface area contributed by atoms with Crippen LogP contribution in [0.3, 0.4) is 0 Å². The molecular formula is C29H30F3N3O3. The van der Waals surface area contributed by atoms with E-state index in [-0.39, 0.29) is 6.61 Å². The highest BCUT2D eigenvalue weighted by atomic mass is 19.4. The van der Waals surface area contributed by atoms with Gasteiger partial charge >= 0.3 is 12.1 Å².